The lowest BCUT2D eigenvalue weighted by molar-refractivity contribution is -0.178. The van der Waals surface area contributed by atoms with E-state index in [1.54, 1.807) is 0 Å². The minimum atomic E-state index is -0.917. The highest BCUT2D eigenvalue weighted by Crippen LogP contribution is 2.71. The number of ether oxygens (including phenoxy) is 1. The summed E-state index contributed by atoms with van der Waals surface area (Å²) in [5, 5.41) is 8.08. The minimum Gasteiger partial charge on any atom is -0.436 e. The molecule has 7 nitrogen and oxygen atoms in total. The number of primary amides is 1. The predicted octanol–water partition coefficient (Wildman–Crippen LogP) is 4.54. The van der Waals surface area contributed by atoms with Gasteiger partial charge in [0.05, 0.1) is 9.77 Å². The van der Waals surface area contributed by atoms with Gasteiger partial charge in [0.1, 0.15) is 0 Å². The van der Waals surface area contributed by atoms with Gasteiger partial charge in [-0.25, -0.2) is 4.79 Å². The van der Waals surface area contributed by atoms with Gasteiger partial charge in [-0.05, 0) is 84.3 Å². The molecule has 0 spiro atoms. The zero-order valence-corrected chi connectivity index (χ0v) is 22.3. The molecular formula is C24H37IN4O3. The highest BCUT2D eigenvalue weighted by atomic mass is 127. The van der Waals surface area contributed by atoms with Crippen LogP contribution in [0.1, 0.15) is 78.8 Å². The van der Waals surface area contributed by atoms with Crippen LogP contribution in [0.15, 0.2) is 6.20 Å². The molecular weight excluding hydrogens is 519 g/mol. The molecule has 0 radical (unpaired) electrons. The summed E-state index contributed by atoms with van der Waals surface area (Å²) in [7, 11) is 0. The Hall–Kier alpha value is -1.32. The van der Waals surface area contributed by atoms with E-state index >= 15 is 0 Å². The van der Waals surface area contributed by atoms with Gasteiger partial charge in [0.25, 0.3) is 5.91 Å². The van der Waals surface area contributed by atoms with E-state index in [2.05, 4.69) is 58.5 Å². The summed E-state index contributed by atoms with van der Waals surface area (Å²) in [4.78, 5) is 25.0. The van der Waals surface area contributed by atoms with Gasteiger partial charge >= 0.3 is 6.09 Å². The van der Waals surface area contributed by atoms with Crippen molar-refractivity contribution >= 4 is 34.6 Å². The van der Waals surface area contributed by atoms with Crippen LogP contribution in [0.25, 0.3) is 0 Å². The minimum absolute atomic E-state index is 0.0904. The Balaban J connectivity index is 1.66. The van der Waals surface area contributed by atoms with E-state index in [0.29, 0.717) is 0 Å². The zero-order valence-electron chi connectivity index (χ0n) is 20.2. The van der Waals surface area contributed by atoms with Gasteiger partial charge in [-0.1, -0.05) is 34.6 Å². The van der Waals surface area contributed by atoms with Crippen LogP contribution in [0.3, 0.4) is 0 Å². The average Bonchev–Trinajstić information content (AvgIpc) is 2.86. The molecule has 4 aliphatic carbocycles. The molecule has 0 aromatic carbocycles. The molecule has 5 rings (SSSR count). The van der Waals surface area contributed by atoms with Crippen molar-refractivity contribution in [1.29, 1.82) is 0 Å². The molecule has 32 heavy (non-hydrogen) atoms. The summed E-state index contributed by atoms with van der Waals surface area (Å²) in [5.74, 6) is -0.231. The van der Waals surface area contributed by atoms with Gasteiger partial charge in [-0.3, -0.25) is 9.48 Å². The summed E-state index contributed by atoms with van der Waals surface area (Å²) in [6.07, 6.45) is 6.47. The number of carbonyl (C=O) groups excluding carboxylic acids is 2. The molecule has 0 aliphatic heterocycles. The Morgan fingerprint density at radius 1 is 1.19 bits per heavy atom. The van der Waals surface area contributed by atoms with Crippen molar-refractivity contribution in [3.8, 4) is 0 Å². The van der Waals surface area contributed by atoms with Gasteiger partial charge in [-0.2, -0.15) is 5.10 Å². The summed E-state index contributed by atoms with van der Waals surface area (Å²) >= 11 is 2.34. The molecule has 1 aromatic rings. The lowest BCUT2D eigenvalue weighted by Crippen LogP contribution is -2.70. The largest absolute Gasteiger partial charge is 0.436 e. The Labute approximate surface area is 204 Å². The number of nitrogens with zero attached hydrogens (tertiary/aromatic N) is 2. The molecule has 4 aliphatic rings. The van der Waals surface area contributed by atoms with E-state index in [1.807, 2.05) is 27.0 Å². The second-order valence-corrected chi connectivity index (χ2v) is 14.0. The quantitative estimate of drug-likeness (QED) is 0.521. The van der Waals surface area contributed by atoms with E-state index < -0.39 is 17.6 Å². The maximum absolute atomic E-state index is 13.5. The first-order chi connectivity index (χ1) is 14.6. The fourth-order valence-corrected chi connectivity index (χ4v) is 8.61. The van der Waals surface area contributed by atoms with Crippen LogP contribution in [0, 0.1) is 32.2 Å². The molecule has 8 heteroatoms. The number of nitrogens with one attached hydrogen (secondary N) is 1. The smallest absolute Gasteiger partial charge is 0.405 e. The van der Waals surface area contributed by atoms with Crippen molar-refractivity contribution in [2.45, 2.75) is 98.3 Å². The number of rotatable bonds is 5. The Bertz CT molecular complexity index is 932. The van der Waals surface area contributed by atoms with Crippen molar-refractivity contribution in [3.05, 3.63) is 15.5 Å². The zero-order chi connectivity index (χ0) is 23.7. The van der Waals surface area contributed by atoms with Crippen LogP contribution in [-0.4, -0.2) is 33.4 Å². The summed E-state index contributed by atoms with van der Waals surface area (Å²) in [5.41, 5.74) is 6.10. The molecule has 0 saturated heterocycles. The fraction of sp³-hybridized carbons (Fsp3) is 0.792. The van der Waals surface area contributed by atoms with Crippen LogP contribution in [0.2, 0.25) is 0 Å². The third kappa shape index (κ3) is 4.28. The second kappa shape index (κ2) is 7.34. The maximum atomic E-state index is 13.5. The molecule has 2 amide bonds. The van der Waals surface area contributed by atoms with E-state index in [-0.39, 0.29) is 27.7 Å². The van der Waals surface area contributed by atoms with E-state index in [0.717, 1.165) is 38.6 Å². The fourth-order valence-electron chi connectivity index (χ4n) is 8.21. The maximum Gasteiger partial charge on any atom is 0.405 e. The Morgan fingerprint density at radius 3 is 2.25 bits per heavy atom. The van der Waals surface area contributed by atoms with Gasteiger partial charge in [0, 0.05) is 23.2 Å². The van der Waals surface area contributed by atoms with Crippen LogP contribution >= 0.6 is 22.6 Å². The lowest BCUT2D eigenvalue weighted by Gasteiger charge is -2.69. The van der Waals surface area contributed by atoms with Crippen LogP contribution in [-0.2, 0) is 16.1 Å². The monoisotopic (exact) mass is 556 g/mol. The van der Waals surface area contributed by atoms with Gasteiger partial charge in [0.2, 0.25) is 0 Å². The van der Waals surface area contributed by atoms with E-state index in [9.17, 15) is 9.59 Å². The molecule has 3 unspecified atom stereocenters. The number of carbonyl (C=O) groups is 2. The third-order valence-electron chi connectivity index (χ3n) is 7.88. The number of hydrogen-bond acceptors (Lipinski definition) is 4. The molecule has 1 aromatic heterocycles. The van der Waals surface area contributed by atoms with Crippen molar-refractivity contribution in [2.75, 3.05) is 0 Å². The first-order valence-electron chi connectivity index (χ1n) is 11.5. The van der Waals surface area contributed by atoms with Gasteiger partial charge < -0.3 is 15.8 Å². The van der Waals surface area contributed by atoms with Crippen LogP contribution < -0.4 is 11.1 Å². The van der Waals surface area contributed by atoms with Gasteiger partial charge in [-0.15, -0.1) is 0 Å². The summed E-state index contributed by atoms with van der Waals surface area (Å²) < 4.78 is 8.63. The molecule has 3 N–H and O–H groups in total. The highest BCUT2D eigenvalue weighted by Gasteiger charge is 2.66. The van der Waals surface area contributed by atoms with Gasteiger partial charge in [0.15, 0.2) is 6.10 Å². The third-order valence-corrected chi connectivity index (χ3v) is 8.94. The number of hydrogen-bond donors (Lipinski definition) is 2. The summed E-state index contributed by atoms with van der Waals surface area (Å²) in [6.45, 7) is 13.5. The molecule has 4 fully saturated rings. The first-order valence-corrected chi connectivity index (χ1v) is 12.6. The Kier molecular flexibility index (Phi) is 5.46. The topological polar surface area (TPSA) is 99.2 Å². The molecule has 178 valence electrons. The van der Waals surface area contributed by atoms with E-state index in [1.165, 1.54) is 15.7 Å². The SMILES string of the molecule is Cc1c(I)cnn1CC12CC3(C)CC(C)(C1)CC(NC(=O)C(OC(N)=O)C(C)(C)C)(C3)C2. The lowest BCUT2D eigenvalue weighted by atomic mass is 9.38. The van der Waals surface area contributed by atoms with Crippen molar-refractivity contribution in [1.82, 2.24) is 15.1 Å². The standard InChI is InChI=1S/C24H37IN4O3/c1-15-16(25)7-27-29(15)14-23-9-21(5)8-22(6,10-23)12-24(11-21,13-23)28-18(30)17(20(2,3)4)32-19(26)31/h7,17H,8-14H2,1-6H3,(H2,26,31)(H,28,30). The molecule has 3 atom stereocenters. The Morgan fingerprint density at radius 2 is 1.78 bits per heavy atom. The predicted molar refractivity (Wildman–Crippen MR) is 131 cm³/mol. The number of nitrogens with two attached hydrogens (primary N) is 1. The van der Waals surface area contributed by atoms with E-state index in [4.69, 9.17) is 10.5 Å². The molecule has 4 bridgehead atoms. The average molecular weight is 556 g/mol. The van der Waals surface area contributed by atoms with Crippen LogP contribution in [0.4, 0.5) is 4.79 Å². The second-order valence-electron chi connectivity index (χ2n) is 12.9. The number of aromatic nitrogens is 2. The highest BCUT2D eigenvalue weighted by molar-refractivity contribution is 14.1. The summed E-state index contributed by atoms with van der Waals surface area (Å²) in [6, 6.07) is 0. The normalized spacial score (nSPS) is 36.7. The molecule has 1 heterocycles. The van der Waals surface area contributed by atoms with Crippen molar-refractivity contribution in [3.63, 3.8) is 0 Å². The van der Waals surface area contributed by atoms with Crippen molar-refractivity contribution < 1.29 is 14.3 Å². The first kappa shape index (κ1) is 23.8. The van der Waals surface area contributed by atoms with Crippen molar-refractivity contribution in [2.24, 2.45) is 27.4 Å². The number of halogens is 1. The van der Waals surface area contributed by atoms with Crippen LogP contribution in [0.5, 0.6) is 0 Å². The molecule has 4 saturated carbocycles. The number of amides is 2.